The number of hydrogen-bond donors (Lipinski definition) is 2. The van der Waals surface area contributed by atoms with E-state index in [0.29, 0.717) is 34.4 Å². The van der Waals surface area contributed by atoms with Gasteiger partial charge in [0.05, 0.1) is 26.9 Å². The molecule has 0 unspecified atom stereocenters. The van der Waals surface area contributed by atoms with E-state index in [1.54, 1.807) is 12.1 Å². The van der Waals surface area contributed by atoms with Crippen molar-refractivity contribution in [3.63, 3.8) is 0 Å². The third-order valence-corrected chi connectivity index (χ3v) is 4.11. The second kappa shape index (κ2) is 8.92. The molecular weight excluding hydrogens is 372 g/mol. The summed E-state index contributed by atoms with van der Waals surface area (Å²) in [6, 6.07) is 11.1. The average Bonchev–Trinajstić information content (AvgIpc) is 2.73. The van der Waals surface area contributed by atoms with E-state index in [0.717, 1.165) is 11.3 Å². The molecule has 0 bridgehead atoms. The van der Waals surface area contributed by atoms with Crippen molar-refractivity contribution >= 4 is 23.2 Å². The van der Waals surface area contributed by atoms with E-state index in [-0.39, 0.29) is 5.91 Å². The molecule has 1 heterocycles. The molecule has 29 heavy (non-hydrogen) atoms. The second-order valence-corrected chi connectivity index (χ2v) is 6.16. The van der Waals surface area contributed by atoms with E-state index in [1.165, 1.54) is 33.7 Å². The van der Waals surface area contributed by atoms with Crippen molar-refractivity contribution in [3.8, 4) is 17.2 Å². The number of ether oxygens (including phenoxy) is 3. The summed E-state index contributed by atoms with van der Waals surface area (Å²) in [5.74, 6) is 1.37. The molecule has 3 aromatic rings. The fourth-order valence-corrected chi connectivity index (χ4v) is 2.72. The molecule has 0 spiro atoms. The summed E-state index contributed by atoms with van der Waals surface area (Å²) >= 11 is 0. The minimum absolute atomic E-state index is 0.313. The molecule has 0 radical (unpaired) electrons. The summed E-state index contributed by atoms with van der Waals surface area (Å²) in [5.41, 5.74) is 2.80. The van der Waals surface area contributed by atoms with Crippen LogP contribution in [0.5, 0.6) is 17.2 Å². The van der Waals surface area contributed by atoms with Crippen LogP contribution in [-0.2, 0) is 0 Å². The highest BCUT2D eigenvalue weighted by atomic mass is 16.5. The van der Waals surface area contributed by atoms with Crippen molar-refractivity contribution in [2.75, 3.05) is 32.0 Å². The first kappa shape index (κ1) is 19.9. The van der Waals surface area contributed by atoms with Gasteiger partial charge < -0.3 is 24.8 Å². The van der Waals surface area contributed by atoms with Gasteiger partial charge >= 0.3 is 0 Å². The molecule has 1 amide bonds. The lowest BCUT2D eigenvalue weighted by Gasteiger charge is -2.14. The number of anilines is 3. The van der Waals surface area contributed by atoms with Crippen LogP contribution in [0.25, 0.3) is 0 Å². The van der Waals surface area contributed by atoms with Crippen molar-refractivity contribution < 1.29 is 19.0 Å². The Labute approximate surface area is 168 Å². The van der Waals surface area contributed by atoms with E-state index in [4.69, 9.17) is 14.2 Å². The Morgan fingerprint density at radius 3 is 2.10 bits per heavy atom. The lowest BCUT2D eigenvalue weighted by Crippen LogP contribution is -2.13. The molecule has 0 saturated carbocycles. The summed E-state index contributed by atoms with van der Waals surface area (Å²) in [6.45, 7) is 2.00. The molecule has 2 N–H and O–H groups in total. The van der Waals surface area contributed by atoms with Crippen LogP contribution < -0.4 is 24.8 Å². The molecule has 2 aromatic carbocycles. The van der Waals surface area contributed by atoms with Crippen molar-refractivity contribution in [2.45, 2.75) is 6.92 Å². The fraction of sp³-hybridized carbons (Fsp3) is 0.190. The van der Waals surface area contributed by atoms with Crippen LogP contribution in [0, 0.1) is 6.92 Å². The van der Waals surface area contributed by atoms with Gasteiger partial charge in [0.1, 0.15) is 0 Å². The van der Waals surface area contributed by atoms with Gasteiger partial charge in [-0.05, 0) is 24.6 Å². The van der Waals surface area contributed by atoms with Crippen LogP contribution in [0.1, 0.15) is 15.9 Å². The Morgan fingerprint density at radius 2 is 1.55 bits per heavy atom. The third kappa shape index (κ3) is 4.73. The lowest BCUT2D eigenvalue weighted by atomic mass is 10.2. The number of benzene rings is 2. The maximum Gasteiger partial charge on any atom is 0.258 e. The van der Waals surface area contributed by atoms with Crippen LogP contribution >= 0.6 is 0 Å². The number of aryl methyl sites for hydroxylation is 1. The van der Waals surface area contributed by atoms with Crippen LogP contribution in [-0.4, -0.2) is 37.2 Å². The molecule has 0 aliphatic rings. The van der Waals surface area contributed by atoms with Gasteiger partial charge in [-0.15, -0.1) is 0 Å². The topological polar surface area (TPSA) is 94.6 Å². The van der Waals surface area contributed by atoms with Crippen LogP contribution in [0.2, 0.25) is 0 Å². The monoisotopic (exact) mass is 394 g/mol. The van der Waals surface area contributed by atoms with Gasteiger partial charge in [0.25, 0.3) is 5.91 Å². The number of rotatable bonds is 7. The van der Waals surface area contributed by atoms with Gasteiger partial charge in [-0.3, -0.25) is 4.79 Å². The van der Waals surface area contributed by atoms with Crippen molar-refractivity contribution in [1.82, 2.24) is 9.97 Å². The normalized spacial score (nSPS) is 10.2. The summed E-state index contributed by atoms with van der Waals surface area (Å²) in [7, 11) is 4.54. The highest BCUT2D eigenvalue weighted by Gasteiger charge is 2.15. The predicted octanol–water partition coefficient (Wildman–Crippen LogP) is 3.81. The molecular formula is C21H22N4O4. The Hall–Kier alpha value is -3.81. The minimum Gasteiger partial charge on any atom is -0.493 e. The molecule has 0 saturated heterocycles. The zero-order chi connectivity index (χ0) is 20.8. The highest BCUT2D eigenvalue weighted by molar-refractivity contribution is 6.04. The average molecular weight is 394 g/mol. The van der Waals surface area contributed by atoms with E-state index in [2.05, 4.69) is 20.6 Å². The Morgan fingerprint density at radius 1 is 0.897 bits per heavy atom. The smallest absolute Gasteiger partial charge is 0.258 e. The largest absolute Gasteiger partial charge is 0.493 e. The molecule has 1 aromatic heterocycles. The predicted molar refractivity (Wildman–Crippen MR) is 111 cm³/mol. The van der Waals surface area contributed by atoms with E-state index >= 15 is 0 Å². The van der Waals surface area contributed by atoms with Gasteiger partial charge in [0.2, 0.25) is 11.7 Å². The lowest BCUT2D eigenvalue weighted by molar-refractivity contribution is 0.102. The maximum atomic E-state index is 12.6. The summed E-state index contributed by atoms with van der Waals surface area (Å²) < 4.78 is 15.9. The summed E-state index contributed by atoms with van der Waals surface area (Å²) in [6.07, 6.45) is 2.91. The Bertz CT molecular complexity index is 981. The van der Waals surface area contributed by atoms with Crippen LogP contribution in [0.4, 0.5) is 17.3 Å². The Kier molecular flexibility index (Phi) is 6.13. The molecule has 0 atom stereocenters. The van der Waals surface area contributed by atoms with Gasteiger partial charge in [-0.1, -0.05) is 12.1 Å². The number of hydrogen-bond acceptors (Lipinski definition) is 7. The molecule has 0 fully saturated rings. The number of methoxy groups -OCH3 is 3. The molecule has 0 aliphatic carbocycles. The quantitative estimate of drug-likeness (QED) is 0.629. The number of amides is 1. The first-order valence-electron chi connectivity index (χ1n) is 8.81. The first-order valence-corrected chi connectivity index (χ1v) is 8.81. The molecule has 150 valence electrons. The zero-order valence-electron chi connectivity index (χ0n) is 16.6. The number of nitrogens with one attached hydrogen (secondary N) is 2. The number of nitrogens with zero attached hydrogens (tertiary/aromatic N) is 2. The summed E-state index contributed by atoms with van der Waals surface area (Å²) in [4.78, 5) is 21.0. The SMILES string of the molecule is COc1cc(NC(=O)c2cnc(Nc3cccc(C)c3)nc2)cc(OC)c1OC. The molecule has 8 heteroatoms. The van der Waals surface area contributed by atoms with Crippen LogP contribution in [0.15, 0.2) is 48.8 Å². The molecule has 8 nitrogen and oxygen atoms in total. The van der Waals surface area contributed by atoms with Crippen molar-refractivity contribution in [1.29, 1.82) is 0 Å². The van der Waals surface area contributed by atoms with Crippen molar-refractivity contribution in [2.24, 2.45) is 0 Å². The standard InChI is InChI=1S/C21H22N4O4/c1-13-6-5-7-15(8-13)25-21-22-11-14(12-23-21)20(26)24-16-9-17(27-2)19(29-4)18(10-16)28-3/h5-12H,1-4H3,(H,24,26)(H,22,23,25). The van der Waals surface area contributed by atoms with Gasteiger partial charge in [0.15, 0.2) is 11.5 Å². The van der Waals surface area contributed by atoms with Gasteiger partial charge in [-0.2, -0.15) is 0 Å². The first-order chi connectivity index (χ1) is 14.0. The highest BCUT2D eigenvalue weighted by Crippen LogP contribution is 2.40. The van der Waals surface area contributed by atoms with E-state index in [9.17, 15) is 4.79 Å². The van der Waals surface area contributed by atoms with E-state index in [1.807, 2.05) is 31.2 Å². The fourth-order valence-electron chi connectivity index (χ4n) is 2.72. The number of aromatic nitrogens is 2. The third-order valence-electron chi connectivity index (χ3n) is 4.11. The molecule has 0 aliphatic heterocycles. The van der Waals surface area contributed by atoms with E-state index < -0.39 is 0 Å². The minimum atomic E-state index is -0.360. The van der Waals surface area contributed by atoms with Crippen LogP contribution in [0.3, 0.4) is 0 Å². The van der Waals surface area contributed by atoms with Crippen molar-refractivity contribution in [3.05, 3.63) is 59.9 Å². The number of carbonyl (C=O) groups excluding carboxylic acids is 1. The van der Waals surface area contributed by atoms with Gasteiger partial charge in [0, 0.05) is 35.9 Å². The molecule has 3 rings (SSSR count). The number of carbonyl (C=O) groups is 1. The van der Waals surface area contributed by atoms with Gasteiger partial charge in [-0.25, -0.2) is 9.97 Å². The summed E-state index contributed by atoms with van der Waals surface area (Å²) in [5, 5.41) is 5.88. The maximum absolute atomic E-state index is 12.6. The second-order valence-electron chi connectivity index (χ2n) is 6.16. The zero-order valence-corrected chi connectivity index (χ0v) is 16.6. The Balaban J connectivity index is 1.74.